The van der Waals surface area contributed by atoms with Crippen LogP contribution in [0.1, 0.15) is 35.8 Å². The lowest BCUT2D eigenvalue weighted by atomic mass is 10.1. The minimum atomic E-state index is -1.24. The van der Waals surface area contributed by atoms with Gasteiger partial charge in [0.05, 0.1) is 11.0 Å². The number of carbonyl (C=O) groups is 4. The van der Waals surface area contributed by atoms with Crippen molar-refractivity contribution in [3.63, 3.8) is 0 Å². The van der Waals surface area contributed by atoms with Crippen LogP contribution in [-0.2, 0) is 14.4 Å². The van der Waals surface area contributed by atoms with E-state index in [4.69, 9.17) is 10.3 Å². The molecule has 0 aromatic heterocycles. The van der Waals surface area contributed by atoms with Crippen LogP contribution in [0.15, 0.2) is 54.6 Å². The summed E-state index contributed by atoms with van der Waals surface area (Å²) < 4.78 is 0. The molecule has 2 rings (SSSR count). The Kier molecular flexibility index (Phi) is 11.9. The van der Waals surface area contributed by atoms with Crippen molar-refractivity contribution in [1.82, 2.24) is 16.1 Å². The molecule has 180 valence electrons. The van der Waals surface area contributed by atoms with Gasteiger partial charge in [-0.05, 0) is 43.3 Å². The Morgan fingerprint density at radius 3 is 2.12 bits per heavy atom. The van der Waals surface area contributed by atoms with Crippen LogP contribution in [0.2, 0.25) is 0 Å². The summed E-state index contributed by atoms with van der Waals surface area (Å²) in [5.41, 5.74) is 3.25. The third-order valence-corrected chi connectivity index (χ3v) is 5.45. The molecule has 0 saturated carbocycles. The number of thioether (sulfide) groups is 1. The van der Waals surface area contributed by atoms with Gasteiger partial charge in [0.1, 0.15) is 6.04 Å². The molecule has 3 amide bonds. The van der Waals surface area contributed by atoms with Crippen LogP contribution >= 0.6 is 11.8 Å². The molecule has 0 aliphatic carbocycles. The Hall–Kier alpha value is -3.81. The monoisotopic (exact) mass is 485 g/mol. The molecular weight excluding hydrogens is 458 g/mol. The highest BCUT2D eigenvalue weighted by Gasteiger charge is 2.22. The fourth-order valence-corrected chi connectivity index (χ4v) is 3.08. The SMILES string of the molecule is C.CC(SCC(=O)NC[C@H](NC(=O)c1ccc(C#Cc2ccccc2)cc1)C(=O)NO)C(=O)O. The second-order valence-electron chi connectivity index (χ2n) is 6.79. The summed E-state index contributed by atoms with van der Waals surface area (Å²) in [7, 11) is 0. The zero-order valence-electron chi connectivity index (χ0n) is 17.7. The van der Waals surface area contributed by atoms with E-state index in [0.717, 1.165) is 17.3 Å². The quantitative estimate of drug-likeness (QED) is 0.206. The zero-order chi connectivity index (χ0) is 24.2. The number of hydrogen-bond acceptors (Lipinski definition) is 6. The summed E-state index contributed by atoms with van der Waals surface area (Å²) in [6.45, 7) is 1.15. The highest BCUT2D eigenvalue weighted by atomic mass is 32.2. The molecule has 2 aromatic carbocycles. The Morgan fingerprint density at radius 2 is 1.56 bits per heavy atom. The summed E-state index contributed by atoms with van der Waals surface area (Å²) in [4.78, 5) is 47.1. The van der Waals surface area contributed by atoms with Crippen molar-refractivity contribution in [2.45, 2.75) is 25.6 Å². The fraction of sp³-hybridized carbons (Fsp3) is 0.250. The van der Waals surface area contributed by atoms with Crippen molar-refractivity contribution in [1.29, 1.82) is 0 Å². The van der Waals surface area contributed by atoms with Crippen molar-refractivity contribution in [3.8, 4) is 11.8 Å². The molecule has 1 unspecified atom stereocenters. The standard InChI is InChI=1S/C23H23N3O6S.CH4/c1-15(23(30)31)33-14-20(27)24-13-19(22(29)26-32)25-21(28)18-11-9-17(10-12-18)8-7-16-5-3-2-4-6-16;/h2-6,9-12,15,19,32H,13-14H2,1H3,(H,24,27)(H,25,28)(H,26,29)(H,30,31);1H4/t15?,19-;/m0./s1. The van der Waals surface area contributed by atoms with Crippen molar-refractivity contribution < 1.29 is 29.5 Å². The number of hydroxylamine groups is 1. The number of carbonyl (C=O) groups excluding carboxylic acids is 3. The molecule has 9 nitrogen and oxygen atoms in total. The fourth-order valence-electron chi connectivity index (χ4n) is 2.44. The second kappa shape index (κ2) is 14.4. The van der Waals surface area contributed by atoms with Crippen LogP contribution in [0.5, 0.6) is 0 Å². The van der Waals surface area contributed by atoms with E-state index in [0.29, 0.717) is 5.56 Å². The van der Waals surface area contributed by atoms with Crippen LogP contribution in [-0.4, -0.2) is 57.6 Å². The van der Waals surface area contributed by atoms with E-state index in [1.807, 2.05) is 30.3 Å². The first kappa shape index (κ1) is 28.2. The van der Waals surface area contributed by atoms with Gasteiger partial charge >= 0.3 is 5.97 Å². The molecule has 0 heterocycles. The maximum absolute atomic E-state index is 12.5. The van der Waals surface area contributed by atoms with Crippen LogP contribution in [0.4, 0.5) is 0 Å². The van der Waals surface area contributed by atoms with E-state index >= 15 is 0 Å². The number of carboxylic acid groups (broad SMARTS) is 1. The third-order valence-electron chi connectivity index (χ3n) is 4.32. The van der Waals surface area contributed by atoms with E-state index in [-0.39, 0.29) is 25.3 Å². The summed E-state index contributed by atoms with van der Waals surface area (Å²) in [5.74, 6) is 2.79. The Balaban J connectivity index is 0.00000578. The molecular formula is C24H27N3O6S. The number of amides is 3. The van der Waals surface area contributed by atoms with E-state index in [1.165, 1.54) is 12.4 Å². The van der Waals surface area contributed by atoms with Gasteiger partial charge in [0, 0.05) is 23.2 Å². The molecule has 10 heteroatoms. The lowest BCUT2D eigenvalue weighted by Crippen LogP contribution is -2.52. The smallest absolute Gasteiger partial charge is 0.316 e. The van der Waals surface area contributed by atoms with Crippen LogP contribution in [0, 0.1) is 11.8 Å². The van der Waals surface area contributed by atoms with Gasteiger partial charge in [-0.1, -0.05) is 37.5 Å². The van der Waals surface area contributed by atoms with Gasteiger partial charge in [0.2, 0.25) is 5.91 Å². The summed E-state index contributed by atoms with van der Waals surface area (Å²) in [6.07, 6.45) is 0. The maximum atomic E-state index is 12.5. The number of carboxylic acids is 1. The highest BCUT2D eigenvalue weighted by Crippen LogP contribution is 2.09. The molecule has 0 bridgehead atoms. The molecule has 34 heavy (non-hydrogen) atoms. The second-order valence-corrected chi connectivity index (χ2v) is 8.12. The van der Waals surface area contributed by atoms with Gasteiger partial charge in [0.15, 0.2) is 0 Å². The van der Waals surface area contributed by atoms with Crippen molar-refractivity contribution in [3.05, 3.63) is 71.3 Å². The lowest BCUT2D eigenvalue weighted by molar-refractivity contribution is -0.136. The number of rotatable bonds is 9. The largest absolute Gasteiger partial charge is 0.480 e. The van der Waals surface area contributed by atoms with Gasteiger partial charge < -0.3 is 15.7 Å². The van der Waals surface area contributed by atoms with E-state index in [2.05, 4.69) is 22.5 Å². The van der Waals surface area contributed by atoms with Crippen LogP contribution in [0.25, 0.3) is 0 Å². The van der Waals surface area contributed by atoms with Gasteiger partial charge in [-0.3, -0.25) is 24.4 Å². The molecule has 0 fully saturated rings. The maximum Gasteiger partial charge on any atom is 0.316 e. The van der Waals surface area contributed by atoms with Crippen molar-refractivity contribution >= 4 is 35.5 Å². The highest BCUT2D eigenvalue weighted by molar-refractivity contribution is 8.01. The Bertz CT molecular complexity index is 1050. The number of hydrogen-bond donors (Lipinski definition) is 5. The predicted molar refractivity (Wildman–Crippen MR) is 129 cm³/mol. The lowest BCUT2D eigenvalue weighted by Gasteiger charge is -2.17. The Morgan fingerprint density at radius 1 is 0.971 bits per heavy atom. The molecule has 2 atom stereocenters. The first-order valence-electron chi connectivity index (χ1n) is 9.83. The molecule has 0 spiro atoms. The van der Waals surface area contributed by atoms with Gasteiger partial charge in [-0.2, -0.15) is 0 Å². The van der Waals surface area contributed by atoms with Crippen molar-refractivity contribution in [2.24, 2.45) is 0 Å². The van der Waals surface area contributed by atoms with Crippen LogP contribution in [0.3, 0.4) is 0 Å². The van der Waals surface area contributed by atoms with Gasteiger partial charge in [-0.25, -0.2) is 5.48 Å². The summed E-state index contributed by atoms with van der Waals surface area (Å²) in [5, 5.41) is 21.9. The number of benzene rings is 2. The minimum Gasteiger partial charge on any atom is -0.480 e. The van der Waals surface area contributed by atoms with E-state index < -0.39 is 35.0 Å². The molecule has 5 N–H and O–H groups in total. The predicted octanol–water partition coefficient (Wildman–Crippen LogP) is 1.65. The average molecular weight is 486 g/mol. The third kappa shape index (κ3) is 9.36. The normalized spacial score (nSPS) is 11.5. The summed E-state index contributed by atoms with van der Waals surface area (Å²) >= 11 is 0.913. The number of nitrogens with one attached hydrogen (secondary N) is 3. The minimum absolute atomic E-state index is 0. The zero-order valence-corrected chi connectivity index (χ0v) is 18.5. The van der Waals surface area contributed by atoms with Gasteiger partial charge in [-0.15, -0.1) is 11.8 Å². The topological polar surface area (TPSA) is 145 Å². The average Bonchev–Trinajstić information content (AvgIpc) is 2.83. The van der Waals surface area contributed by atoms with Gasteiger partial charge in [0.25, 0.3) is 11.8 Å². The molecule has 0 aliphatic rings. The molecule has 0 radical (unpaired) electrons. The number of aliphatic carboxylic acids is 1. The Labute approximate surface area is 202 Å². The first-order valence-corrected chi connectivity index (χ1v) is 10.9. The molecule has 0 aliphatic heterocycles. The van der Waals surface area contributed by atoms with E-state index in [9.17, 15) is 19.2 Å². The van der Waals surface area contributed by atoms with Crippen molar-refractivity contribution in [2.75, 3.05) is 12.3 Å². The molecule has 2 aromatic rings. The first-order chi connectivity index (χ1) is 15.8. The van der Waals surface area contributed by atoms with Crippen LogP contribution < -0.4 is 16.1 Å². The summed E-state index contributed by atoms with van der Waals surface area (Å²) in [6, 6.07) is 14.6. The van der Waals surface area contributed by atoms with E-state index in [1.54, 1.807) is 24.3 Å². The molecule has 0 saturated heterocycles.